The molecule has 1 N–H and O–H groups in total. The number of nitrogens with one attached hydrogen (secondary N) is 1. The fourth-order valence-electron chi connectivity index (χ4n) is 4.08. The number of aryl methyl sites for hydroxylation is 1. The summed E-state index contributed by atoms with van der Waals surface area (Å²) in [5.41, 5.74) is 2.32. The Morgan fingerprint density at radius 1 is 1.33 bits per heavy atom. The first-order valence-corrected chi connectivity index (χ1v) is 11.5. The van der Waals surface area contributed by atoms with Gasteiger partial charge >= 0.3 is 0 Å². The lowest BCUT2D eigenvalue weighted by Gasteiger charge is -2.36. The van der Waals surface area contributed by atoms with Crippen molar-refractivity contribution in [2.75, 3.05) is 44.2 Å². The molecule has 30 heavy (non-hydrogen) atoms. The molecule has 4 rings (SSSR count). The van der Waals surface area contributed by atoms with Crippen LogP contribution in [0.5, 0.6) is 0 Å². The SMILES string of the molecule is CCNC(=NCC(C)N1CCc2sccc2C1)N1CCN(c2cnn(C)c2)C(=O)C1. The Hall–Kier alpha value is -2.39. The first-order valence-electron chi connectivity index (χ1n) is 10.7. The summed E-state index contributed by atoms with van der Waals surface area (Å²) >= 11 is 1.87. The number of carbonyl (C=O) groups excluding carboxylic acids is 1. The van der Waals surface area contributed by atoms with E-state index >= 15 is 0 Å². The van der Waals surface area contributed by atoms with Gasteiger partial charge in [0.1, 0.15) is 6.54 Å². The molecule has 162 valence electrons. The van der Waals surface area contributed by atoms with E-state index in [0.717, 1.165) is 50.8 Å². The summed E-state index contributed by atoms with van der Waals surface area (Å²) in [7, 11) is 1.86. The average Bonchev–Trinajstić information content (AvgIpc) is 3.39. The van der Waals surface area contributed by atoms with Gasteiger partial charge < -0.3 is 15.1 Å². The van der Waals surface area contributed by atoms with Crippen molar-refractivity contribution in [3.05, 3.63) is 34.3 Å². The van der Waals surface area contributed by atoms with E-state index in [1.165, 1.54) is 10.4 Å². The van der Waals surface area contributed by atoms with E-state index in [0.29, 0.717) is 19.1 Å². The van der Waals surface area contributed by atoms with Crippen molar-refractivity contribution in [3.8, 4) is 0 Å². The number of amides is 1. The standard InChI is InChI=1S/C21H31N7OS/c1-4-22-21(23-11-16(2)26-7-5-19-17(13-26)6-10-30-19)27-8-9-28(20(29)15-27)18-12-24-25(3)14-18/h6,10,12,14,16H,4-5,7-9,11,13,15H2,1-3H3,(H,22,23). The number of aliphatic imine (C=N–C) groups is 1. The van der Waals surface area contributed by atoms with Crippen molar-refractivity contribution in [1.82, 2.24) is 24.9 Å². The lowest BCUT2D eigenvalue weighted by atomic mass is 10.1. The molecule has 8 nitrogen and oxygen atoms in total. The quantitative estimate of drug-likeness (QED) is 0.577. The lowest BCUT2D eigenvalue weighted by molar-refractivity contribution is -0.120. The van der Waals surface area contributed by atoms with Gasteiger partial charge in [0.25, 0.3) is 0 Å². The minimum Gasteiger partial charge on any atom is -0.357 e. The predicted octanol–water partition coefficient (Wildman–Crippen LogP) is 1.54. The number of carbonyl (C=O) groups is 1. The van der Waals surface area contributed by atoms with Crippen LogP contribution < -0.4 is 10.2 Å². The Bertz CT molecular complexity index is 905. The van der Waals surface area contributed by atoms with Crippen molar-refractivity contribution in [1.29, 1.82) is 0 Å². The molecule has 0 saturated carbocycles. The van der Waals surface area contributed by atoms with Crippen LogP contribution >= 0.6 is 11.3 Å². The zero-order chi connectivity index (χ0) is 21.1. The molecule has 4 heterocycles. The summed E-state index contributed by atoms with van der Waals surface area (Å²) in [5.74, 6) is 0.908. The van der Waals surface area contributed by atoms with Crippen LogP contribution in [-0.2, 0) is 24.8 Å². The molecule has 0 radical (unpaired) electrons. The van der Waals surface area contributed by atoms with E-state index in [1.54, 1.807) is 10.9 Å². The zero-order valence-corrected chi connectivity index (χ0v) is 18.9. The molecule has 2 aromatic rings. The number of aromatic nitrogens is 2. The average molecular weight is 430 g/mol. The highest BCUT2D eigenvalue weighted by molar-refractivity contribution is 7.10. The number of piperazine rings is 1. The number of thiophene rings is 1. The molecular formula is C21H31N7OS. The zero-order valence-electron chi connectivity index (χ0n) is 18.0. The van der Waals surface area contributed by atoms with Crippen LogP contribution in [0.15, 0.2) is 28.8 Å². The second-order valence-corrected chi connectivity index (χ2v) is 8.97. The minimum atomic E-state index is 0.0777. The van der Waals surface area contributed by atoms with E-state index in [4.69, 9.17) is 4.99 Å². The van der Waals surface area contributed by atoms with Crippen LogP contribution in [0.4, 0.5) is 5.69 Å². The van der Waals surface area contributed by atoms with Gasteiger partial charge in [-0.2, -0.15) is 5.10 Å². The smallest absolute Gasteiger partial charge is 0.246 e. The Balaban J connectivity index is 1.37. The summed E-state index contributed by atoms with van der Waals surface area (Å²) in [6, 6.07) is 2.61. The highest BCUT2D eigenvalue weighted by Gasteiger charge is 2.28. The van der Waals surface area contributed by atoms with Crippen LogP contribution in [-0.4, -0.2) is 76.8 Å². The van der Waals surface area contributed by atoms with Gasteiger partial charge in [0, 0.05) is 56.9 Å². The maximum atomic E-state index is 12.8. The van der Waals surface area contributed by atoms with Crippen LogP contribution in [0, 0.1) is 0 Å². The highest BCUT2D eigenvalue weighted by atomic mass is 32.1. The third-order valence-electron chi connectivity index (χ3n) is 5.82. The summed E-state index contributed by atoms with van der Waals surface area (Å²) in [6.07, 6.45) is 4.75. The maximum absolute atomic E-state index is 12.8. The van der Waals surface area contributed by atoms with Crippen LogP contribution in [0.1, 0.15) is 24.3 Å². The van der Waals surface area contributed by atoms with E-state index < -0.39 is 0 Å². The first kappa shape index (κ1) is 20.9. The molecule has 1 unspecified atom stereocenters. The molecule has 1 amide bonds. The Morgan fingerprint density at radius 3 is 2.93 bits per heavy atom. The maximum Gasteiger partial charge on any atom is 0.246 e. The van der Waals surface area contributed by atoms with Crippen molar-refractivity contribution >= 4 is 28.9 Å². The summed E-state index contributed by atoms with van der Waals surface area (Å²) in [4.78, 5) is 25.6. The number of guanidine groups is 1. The third kappa shape index (κ3) is 4.52. The van der Waals surface area contributed by atoms with Crippen molar-refractivity contribution in [3.63, 3.8) is 0 Å². The molecule has 1 saturated heterocycles. The molecule has 2 aromatic heterocycles. The second kappa shape index (κ2) is 9.18. The normalized spacial score (nSPS) is 19.2. The topological polar surface area (TPSA) is 69.0 Å². The third-order valence-corrected chi connectivity index (χ3v) is 6.85. The van der Waals surface area contributed by atoms with Gasteiger partial charge in [-0.15, -0.1) is 11.3 Å². The molecule has 2 aliphatic heterocycles. The highest BCUT2D eigenvalue weighted by Crippen LogP contribution is 2.25. The largest absolute Gasteiger partial charge is 0.357 e. The lowest BCUT2D eigenvalue weighted by Crippen LogP contribution is -2.55. The molecule has 0 bridgehead atoms. The molecular weight excluding hydrogens is 398 g/mol. The summed E-state index contributed by atoms with van der Waals surface area (Å²) in [5, 5.41) is 9.75. The fourth-order valence-corrected chi connectivity index (χ4v) is 4.97. The summed E-state index contributed by atoms with van der Waals surface area (Å²) in [6.45, 7) is 9.63. The van der Waals surface area contributed by atoms with Crippen molar-refractivity contribution in [2.45, 2.75) is 32.9 Å². The fraction of sp³-hybridized carbons (Fsp3) is 0.571. The minimum absolute atomic E-state index is 0.0777. The van der Waals surface area contributed by atoms with Crippen LogP contribution in [0.2, 0.25) is 0 Å². The van der Waals surface area contributed by atoms with Gasteiger partial charge in [-0.25, -0.2) is 0 Å². The number of anilines is 1. The molecule has 0 aromatic carbocycles. The van der Waals surface area contributed by atoms with Gasteiger partial charge in [0.05, 0.1) is 18.4 Å². The van der Waals surface area contributed by atoms with Crippen LogP contribution in [0.25, 0.3) is 0 Å². The van der Waals surface area contributed by atoms with Crippen molar-refractivity contribution < 1.29 is 4.79 Å². The number of rotatable bonds is 5. The summed E-state index contributed by atoms with van der Waals surface area (Å²) < 4.78 is 1.72. The molecule has 2 aliphatic rings. The van der Waals surface area contributed by atoms with Gasteiger partial charge in [0.2, 0.25) is 5.91 Å². The molecule has 1 fully saturated rings. The Labute approximate surface area is 182 Å². The van der Waals surface area contributed by atoms with Crippen molar-refractivity contribution in [2.24, 2.45) is 12.0 Å². The predicted molar refractivity (Wildman–Crippen MR) is 121 cm³/mol. The molecule has 1 atom stereocenters. The molecule has 9 heteroatoms. The number of nitrogens with zero attached hydrogens (tertiary/aromatic N) is 6. The van der Waals surface area contributed by atoms with Gasteiger partial charge in [-0.3, -0.25) is 19.4 Å². The Kier molecular flexibility index (Phi) is 6.38. The van der Waals surface area contributed by atoms with Crippen LogP contribution in [0.3, 0.4) is 0 Å². The Morgan fingerprint density at radius 2 is 2.20 bits per heavy atom. The van der Waals surface area contributed by atoms with E-state index in [-0.39, 0.29) is 5.91 Å². The second-order valence-electron chi connectivity index (χ2n) is 7.97. The number of hydrogen-bond donors (Lipinski definition) is 1. The monoisotopic (exact) mass is 429 g/mol. The number of fused-ring (bicyclic) bond motifs is 1. The van der Waals surface area contributed by atoms with Gasteiger partial charge in [0.15, 0.2) is 5.96 Å². The first-order chi connectivity index (χ1) is 14.5. The van der Waals surface area contributed by atoms with Gasteiger partial charge in [-0.1, -0.05) is 0 Å². The van der Waals surface area contributed by atoms with E-state index in [2.05, 4.69) is 45.5 Å². The van der Waals surface area contributed by atoms with E-state index in [9.17, 15) is 4.79 Å². The van der Waals surface area contributed by atoms with Gasteiger partial charge in [-0.05, 0) is 37.3 Å². The van der Waals surface area contributed by atoms with E-state index in [1.807, 2.05) is 29.5 Å². The molecule has 0 aliphatic carbocycles. The molecule has 0 spiro atoms. The number of hydrogen-bond acceptors (Lipinski definition) is 5.